The molecular weight excluding hydrogens is 292 g/mol. The number of hydrogen-bond donors (Lipinski definition) is 2. The van der Waals surface area contributed by atoms with Crippen LogP contribution in [-0.4, -0.2) is 47.1 Å². The van der Waals surface area contributed by atoms with Crippen LogP contribution in [0.3, 0.4) is 0 Å². The van der Waals surface area contributed by atoms with Gasteiger partial charge in [-0.2, -0.15) is 0 Å². The summed E-state index contributed by atoms with van der Waals surface area (Å²) in [7, 11) is 0. The van der Waals surface area contributed by atoms with E-state index in [1.54, 1.807) is 24.3 Å². The second-order valence-electron chi connectivity index (χ2n) is 5.26. The van der Waals surface area contributed by atoms with E-state index in [4.69, 9.17) is 16.7 Å². The standard InChI is InChI=1S/C15H19ClN2O3/c1-2-18(9-14(19)20)13-7-12(8-13)17-15(21)10-3-5-11(16)6-4-10/h3-6,12-13H,2,7-9H2,1H3,(H,17,21)(H,19,20). The molecule has 2 rings (SSSR count). The second kappa shape index (κ2) is 6.91. The first kappa shape index (κ1) is 15.8. The largest absolute Gasteiger partial charge is 0.480 e. The van der Waals surface area contributed by atoms with E-state index in [2.05, 4.69) is 5.32 Å². The Labute approximate surface area is 128 Å². The molecule has 0 unspecified atom stereocenters. The molecule has 1 amide bonds. The summed E-state index contributed by atoms with van der Waals surface area (Å²) in [4.78, 5) is 24.7. The topological polar surface area (TPSA) is 69.6 Å². The van der Waals surface area contributed by atoms with Crippen molar-refractivity contribution in [3.63, 3.8) is 0 Å². The fraction of sp³-hybridized carbons (Fsp3) is 0.467. The van der Waals surface area contributed by atoms with E-state index in [1.807, 2.05) is 11.8 Å². The number of hydrogen-bond acceptors (Lipinski definition) is 3. The number of carboxylic acid groups (broad SMARTS) is 1. The number of benzene rings is 1. The van der Waals surface area contributed by atoms with Gasteiger partial charge < -0.3 is 10.4 Å². The van der Waals surface area contributed by atoms with Gasteiger partial charge in [-0.15, -0.1) is 0 Å². The fourth-order valence-corrected chi connectivity index (χ4v) is 2.67. The van der Waals surface area contributed by atoms with Crippen LogP contribution in [0, 0.1) is 0 Å². The zero-order chi connectivity index (χ0) is 15.4. The van der Waals surface area contributed by atoms with E-state index in [0.29, 0.717) is 17.1 Å². The zero-order valence-electron chi connectivity index (χ0n) is 11.9. The lowest BCUT2D eigenvalue weighted by Crippen LogP contribution is -2.54. The predicted molar refractivity (Wildman–Crippen MR) is 80.6 cm³/mol. The fourth-order valence-electron chi connectivity index (χ4n) is 2.55. The van der Waals surface area contributed by atoms with E-state index in [-0.39, 0.29) is 24.5 Å². The van der Waals surface area contributed by atoms with E-state index < -0.39 is 5.97 Å². The van der Waals surface area contributed by atoms with E-state index in [0.717, 1.165) is 12.8 Å². The minimum Gasteiger partial charge on any atom is -0.480 e. The van der Waals surface area contributed by atoms with Gasteiger partial charge in [-0.1, -0.05) is 18.5 Å². The van der Waals surface area contributed by atoms with Crippen molar-refractivity contribution in [3.05, 3.63) is 34.9 Å². The van der Waals surface area contributed by atoms with Crippen molar-refractivity contribution >= 4 is 23.5 Å². The van der Waals surface area contributed by atoms with Crippen LogP contribution >= 0.6 is 11.6 Å². The maximum atomic E-state index is 12.0. The smallest absolute Gasteiger partial charge is 0.317 e. The first-order valence-corrected chi connectivity index (χ1v) is 7.39. The van der Waals surface area contributed by atoms with Crippen molar-refractivity contribution in [3.8, 4) is 0 Å². The minimum atomic E-state index is -0.814. The number of amides is 1. The van der Waals surface area contributed by atoms with Gasteiger partial charge in [-0.3, -0.25) is 14.5 Å². The molecule has 1 aliphatic rings. The van der Waals surface area contributed by atoms with E-state index >= 15 is 0 Å². The van der Waals surface area contributed by atoms with Gasteiger partial charge in [0.25, 0.3) is 5.91 Å². The van der Waals surface area contributed by atoms with Crippen LogP contribution in [0.15, 0.2) is 24.3 Å². The van der Waals surface area contributed by atoms with Crippen molar-refractivity contribution in [1.29, 1.82) is 0 Å². The molecule has 0 saturated heterocycles. The van der Waals surface area contributed by atoms with Crippen molar-refractivity contribution in [2.24, 2.45) is 0 Å². The Hall–Kier alpha value is -1.59. The summed E-state index contributed by atoms with van der Waals surface area (Å²) >= 11 is 5.79. The SMILES string of the molecule is CCN(CC(=O)O)C1CC(NC(=O)c2ccc(Cl)cc2)C1. The molecule has 0 bridgehead atoms. The summed E-state index contributed by atoms with van der Waals surface area (Å²) in [5.41, 5.74) is 0.584. The van der Waals surface area contributed by atoms with Gasteiger partial charge in [0.1, 0.15) is 0 Å². The molecule has 1 aromatic carbocycles. The lowest BCUT2D eigenvalue weighted by Gasteiger charge is -2.42. The number of aliphatic carboxylic acids is 1. The molecule has 1 fully saturated rings. The number of nitrogens with one attached hydrogen (secondary N) is 1. The highest BCUT2D eigenvalue weighted by Gasteiger charge is 2.34. The first-order valence-electron chi connectivity index (χ1n) is 7.02. The molecular formula is C15H19ClN2O3. The van der Waals surface area contributed by atoms with Crippen molar-refractivity contribution in [2.75, 3.05) is 13.1 Å². The summed E-state index contributed by atoms with van der Waals surface area (Å²) in [6.07, 6.45) is 1.58. The van der Waals surface area contributed by atoms with Crippen LogP contribution in [-0.2, 0) is 4.79 Å². The van der Waals surface area contributed by atoms with Crippen LogP contribution in [0.25, 0.3) is 0 Å². The predicted octanol–water partition coefficient (Wildman–Crippen LogP) is 2.01. The quantitative estimate of drug-likeness (QED) is 0.843. The molecule has 0 aromatic heterocycles. The Balaban J connectivity index is 1.80. The molecule has 1 aliphatic carbocycles. The molecule has 2 N–H and O–H groups in total. The molecule has 114 valence electrons. The molecule has 5 nitrogen and oxygen atoms in total. The molecule has 21 heavy (non-hydrogen) atoms. The van der Waals surface area contributed by atoms with Gasteiger partial charge in [0.15, 0.2) is 0 Å². The summed E-state index contributed by atoms with van der Waals surface area (Å²) in [6, 6.07) is 7.10. The van der Waals surface area contributed by atoms with Crippen LogP contribution < -0.4 is 5.32 Å². The van der Waals surface area contributed by atoms with Gasteiger partial charge in [-0.25, -0.2) is 0 Å². The number of halogens is 1. The summed E-state index contributed by atoms with van der Waals surface area (Å²) in [5, 5.41) is 12.4. The maximum Gasteiger partial charge on any atom is 0.317 e. The Kier molecular flexibility index (Phi) is 5.20. The number of carboxylic acids is 1. The molecule has 1 saturated carbocycles. The Morgan fingerprint density at radius 2 is 1.95 bits per heavy atom. The highest BCUT2D eigenvalue weighted by molar-refractivity contribution is 6.30. The lowest BCUT2D eigenvalue weighted by atomic mass is 9.85. The van der Waals surface area contributed by atoms with Crippen molar-refractivity contribution in [1.82, 2.24) is 10.2 Å². The highest BCUT2D eigenvalue weighted by atomic mass is 35.5. The maximum absolute atomic E-state index is 12.0. The molecule has 0 radical (unpaired) electrons. The monoisotopic (exact) mass is 310 g/mol. The van der Waals surface area contributed by atoms with E-state index in [9.17, 15) is 9.59 Å². The van der Waals surface area contributed by atoms with Crippen LogP contribution in [0.5, 0.6) is 0 Å². The highest BCUT2D eigenvalue weighted by Crippen LogP contribution is 2.26. The third kappa shape index (κ3) is 4.19. The zero-order valence-corrected chi connectivity index (χ0v) is 12.6. The molecule has 0 aliphatic heterocycles. The average molecular weight is 311 g/mol. The molecule has 0 spiro atoms. The van der Waals surface area contributed by atoms with Crippen molar-refractivity contribution < 1.29 is 14.7 Å². The van der Waals surface area contributed by atoms with E-state index in [1.165, 1.54) is 0 Å². The Bertz CT molecular complexity index is 512. The number of likely N-dealkylation sites (N-methyl/N-ethyl adjacent to an activating group) is 1. The third-order valence-corrected chi connectivity index (χ3v) is 4.07. The molecule has 0 atom stereocenters. The normalized spacial score (nSPS) is 20.9. The number of nitrogens with zero attached hydrogens (tertiary/aromatic N) is 1. The van der Waals surface area contributed by atoms with Crippen LogP contribution in [0.1, 0.15) is 30.1 Å². The summed E-state index contributed by atoms with van der Waals surface area (Å²) < 4.78 is 0. The first-order chi connectivity index (χ1) is 9.99. The van der Waals surface area contributed by atoms with Crippen molar-refractivity contribution in [2.45, 2.75) is 31.8 Å². The van der Waals surface area contributed by atoms with Gasteiger partial charge in [0.2, 0.25) is 0 Å². The average Bonchev–Trinajstić information content (AvgIpc) is 2.40. The summed E-state index contributed by atoms with van der Waals surface area (Å²) in [6.45, 7) is 2.70. The third-order valence-electron chi connectivity index (χ3n) is 3.82. The molecule has 6 heteroatoms. The van der Waals surface area contributed by atoms with Crippen LogP contribution in [0.4, 0.5) is 0 Å². The number of carbonyl (C=O) groups excluding carboxylic acids is 1. The Morgan fingerprint density at radius 1 is 1.33 bits per heavy atom. The van der Waals surface area contributed by atoms with Gasteiger partial charge in [0, 0.05) is 22.7 Å². The molecule has 1 aromatic rings. The van der Waals surface area contributed by atoms with Gasteiger partial charge >= 0.3 is 5.97 Å². The van der Waals surface area contributed by atoms with Gasteiger partial charge in [-0.05, 0) is 43.7 Å². The minimum absolute atomic E-state index is 0.0546. The van der Waals surface area contributed by atoms with Crippen LogP contribution in [0.2, 0.25) is 5.02 Å². The Morgan fingerprint density at radius 3 is 2.48 bits per heavy atom. The summed E-state index contributed by atoms with van der Waals surface area (Å²) in [5.74, 6) is -0.929. The molecule has 0 heterocycles. The second-order valence-corrected chi connectivity index (χ2v) is 5.70. The van der Waals surface area contributed by atoms with Gasteiger partial charge in [0.05, 0.1) is 6.54 Å². The number of rotatable bonds is 6. The number of carbonyl (C=O) groups is 2. The lowest BCUT2D eigenvalue weighted by molar-refractivity contribution is -0.139.